The molecule has 3 amide bonds. The number of amides is 3. The Hall–Kier alpha value is -1.35. The molecular formula is C14H25N5O2S2. The van der Waals surface area contributed by atoms with E-state index in [1.807, 2.05) is 20.8 Å². The number of hydrogen-bond donors (Lipinski definition) is 3. The summed E-state index contributed by atoms with van der Waals surface area (Å²) in [4.78, 5) is 23.7. The van der Waals surface area contributed by atoms with Crippen molar-refractivity contribution in [1.82, 2.24) is 20.8 Å². The van der Waals surface area contributed by atoms with Crippen LogP contribution in [0.5, 0.6) is 0 Å². The maximum atomic E-state index is 12.0. The summed E-state index contributed by atoms with van der Waals surface area (Å²) in [5.41, 5.74) is -0.390. The number of anilines is 1. The maximum absolute atomic E-state index is 12.0. The Balaban J connectivity index is 2.44. The van der Waals surface area contributed by atoms with E-state index in [-0.39, 0.29) is 11.4 Å². The molecule has 3 N–H and O–H groups in total. The Bertz CT molecular complexity index is 527. The molecule has 0 aromatic carbocycles. The van der Waals surface area contributed by atoms with Crippen molar-refractivity contribution < 1.29 is 9.59 Å². The average molecular weight is 360 g/mol. The molecule has 9 heteroatoms. The van der Waals surface area contributed by atoms with Gasteiger partial charge in [0.1, 0.15) is 0 Å². The van der Waals surface area contributed by atoms with Crippen LogP contribution < -0.4 is 16.0 Å². The molecule has 0 spiro atoms. The third-order valence-electron chi connectivity index (χ3n) is 2.59. The second-order valence-corrected chi connectivity index (χ2v) is 8.67. The van der Waals surface area contributed by atoms with Gasteiger partial charge in [0.05, 0.1) is 5.25 Å². The molecule has 130 valence electrons. The highest BCUT2D eigenvalue weighted by molar-refractivity contribution is 8.02. The van der Waals surface area contributed by atoms with E-state index < -0.39 is 11.3 Å². The molecule has 0 aliphatic heterocycles. The third kappa shape index (κ3) is 8.17. The standard InChI is InChI=1S/C14H25N5O2S2/c1-6-7-8-15-12-18-19-13(23-12)22-9(2)10(20)16-11(21)17-14(3,4)5/h9H,6-8H2,1-5H3,(H,15,18)(H2,16,17,20,21)/t9-/m1/s1. The number of urea groups is 1. The van der Waals surface area contributed by atoms with Gasteiger partial charge in [-0.05, 0) is 34.1 Å². The lowest BCUT2D eigenvalue weighted by molar-refractivity contribution is -0.119. The molecule has 0 saturated carbocycles. The van der Waals surface area contributed by atoms with Gasteiger partial charge in [-0.25, -0.2) is 4.79 Å². The van der Waals surface area contributed by atoms with Gasteiger partial charge in [0.2, 0.25) is 11.0 Å². The fourth-order valence-corrected chi connectivity index (χ4v) is 3.41. The molecule has 0 radical (unpaired) electrons. The van der Waals surface area contributed by atoms with Crippen LogP contribution in [0.25, 0.3) is 0 Å². The van der Waals surface area contributed by atoms with Gasteiger partial charge in [-0.3, -0.25) is 10.1 Å². The van der Waals surface area contributed by atoms with Gasteiger partial charge in [-0.15, -0.1) is 10.2 Å². The Kier molecular flexibility index (Phi) is 7.77. The molecule has 0 bridgehead atoms. The van der Waals surface area contributed by atoms with Crippen molar-refractivity contribution >= 4 is 40.2 Å². The van der Waals surface area contributed by atoms with Crippen LogP contribution in [0.4, 0.5) is 9.93 Å². The average Bonchev–Trinajstić information content (AvgIpc) is 2.84. The molecule has 1 heterocycles. The summed E-state index contributed by atoms with van der Waals surface area (Å²) >= 11 is 2.69. The predicted octanol–water partition coefficient (Wildman–Crippen LogP) is 2.86. The van der Waals surface area contributed by atoms with E-state index in [1.54, 1.807) is 6.92 Å². The molecule has 0 unspecified atom stereocenters. The van der Waals surface area contributed by atoms with Crippen molar-refractivity contribution in [3.05, 3.63) is 0 Å². The number of rotatable bonds is 7. The zero-order valence-electron chi connectivity index (χ0n) is 14.2. The predicted molar refractivity (Wildman–Crippen MR) is 95.1 cm³/mol. The molecule has 1 aromatic rings. The normalized spacial score (nSPS) is 12.6. The Morgan fingerprint density at radius 2 is 2.00 bits per heavy atom. The van der Waals surface area contributed by atoms with Crippen LogP contribution in [-0.4, -0.2) is 39.5 Å². The van der Waals surface area contributed by atoms with Crippen LogP contribution in [0.3, 0.4) is 0 Å². The van der Waals surface area contributed by atoms with Crippen molar-refractivity contribution in [1.29, 1.82) is 0 Å². The SMILES string of the molecule is CCCCNc1nnc(S[C@H](C)C(=O)NC(=O)NC(C)(C)C)s1. The number of nitrogens with zero attached hydrogens (tertiary/aromatic N) is 2. The number of hydrogen-bond acceptors (Lipinski definition) is 7. The molecule has 0 aliphatic carbocycles. The van der Waals surface area contributed by atoms with E-state index in [0.717, 1.165) is 24.5 Å². The second kappa shape index (κ2) is 9.07. The lowest BCUT2D eigenvalue weighted by atomic mass is 10.1. The summed E-state index contributed by atoms with van der Waals surface area (Å²) in [5, 5.41) is 16.6. The smallest absolute Gasteiger partial charge is 0.321 e. The number of unbranched alkanes of at least 4 members (excludes halogenated alkanes) is 1. The molecule has 0 saturated heterocycles. The van der Waals surface area contributed by atoms with Gasteiger partial charge < -0.3 is 10.6 Å². The summed E-state index contributed by atoms with van der Waals surface area (Å²) in [6.07, 6.45) is 2.19. The fraction of sp³-hybridized carbons (Fsp3) is 0.714. The van der Waals surface area contributed by atoms with Crippen molar-refractivity contribution in [3.8, 4) is 0 Å². The monoisotopic (exact) mass is 359 g/mol. The van der Waals surface area contributed by atoms with Crippen LogP contribution in [0.1, 0.15) is 47.5 Å². The quantitative estimate of drug-likeness (QED) is 0.512. The number of carbonyl (C=O) groups is 2. The van der Waals surface area contributed by atoms with Crippen LogP contribution in [0.15, 0.2) is 4.34 Å². The first-order valence-electron chi connectivity index (χ1n) is 7.58. The van der Waals surface area contributed by atoms with E-state index in [0.29, 0.717) is 4.34 Å². The number of thioether (sulfide) groups is 1. The van der Waals surface area contributed by atoms with Crippen LogP contribution in [-0.2, 0) is 4.79 Å². The number of aromatic nitrogens is 2. The first kappa shape index (κ1) is 19.7. The van der Waals surface area contributed by atoms with Gasteiger partial charge in [0, 0.05) is 12.1 Å². The van der Waals surface area contributed by atoms with Crippen molar-refractivity contribution in [3.63, 3.8) is 0 Å². The Morgan fingerprint density at radius 3 is 2.61 bits per heavy atom. The minimum absolute atomic E-state index is 0.354. The number of imide groups is 1. The van der Waals surface area contributed by atoms with E-state index in [4.69, 9.17) is 0 Å². The molecule has 1 rings (SSSR count). The van der Waals surface area contributed by atoms with E-state index in [2.05, 4.69) is 33.1 Å². The summed E-state index contributed by atoms with van der Waals surface area (Å²) < 4.78 is 0.697. The zero-order chi connectivity index (χ0) is 17.5. The topological polar surface area (TPSA) is 96.0 Å². The van der Waals surface area contributed by atoms with E-state index >= 15 is 0 Å². The minimum Gasteiger partial charge on any atom is -0.360 e. The van der Waals surface area contributed by atoms with Gasteiger partial charge in [0.25, 0.3) is 0 Å². The molecule has 0 aliphatic rings. The van der Waals surface area contributed by atoms with Crippen molar-refractivity contribution in [2.75, 3.05) is 11.9 Å². The molecule has 23 heavy (non-hydrogen) atoms. The van der Waals surface area contributed by atoms with E-state index in [9.17, 15) is 9.59 Å². The largest absolute Gasteiger partial charge is 0.360 e. The molecular weight excluding hydrogens is 334 g/mol. The molecule has 7 nitrogen and oxygen atoms in total. The third-order valence-corrected chi connectivity index (χ3v) is 4.65. The molecule has 1 atom stereocenters. The fourth-order valence-electron chi connectivity index (χ4n) is 1.49. The van der Waals surface area contributed by atoms with Crippen LogP contribution >= 0.6 is 23.1 Å². The maximum Gasteiger partial charge on any atom is 0.321 e. The number of nitrogens with one attached hydrogen (secondary N) is 3. The first-order valence-corrected chi connectivity index (χ1v) is 9.28. The number of carbonyl (C=O) groups excluding carboxylic acids is 2. The van der Waals surface area contributed by atoms with Gasteiger partial charge in [0.15, 0.2) is 4.34 Å². The lowest BCUT2D eigenvalue weighted by Crippen LogP contribution is -2.49. The molecule has 1 aromatic heterocycles. The summed E-state index contributed by atoms with van der Waals surface area (Å²) in [7, 11) is 0. The first-order chi connectivity index (χ1) is 10.7. The van der Waals surface area contributed by atoms with Crippen LogP contribution in [0.2, 0.25) is 0 Å². The van der Waals surface area contributed by atoms with Crippen molar-refractivity contribution in [2.24, 2.45) is 0 Å². The highest BCUT2D eigenvalue weighted by atomic mass is 32.2. The minimum atomic E-state index is -0.492. The second-order valence-electron chi connectivity index (χ2n) is 6.11. The zero-order valence-corrected chi connectivity index (χ0v) is 15.9. The van der Waals surface area contributed by atoms with Crippen LogP contribution in [0, 0.1) is 0 Å². The van der Waals surface area contributed by atoms with Gasteiger partial charge in [-0.1, -0.05) is 36.4 Å². The summed E-state index contributed by atoms with van der Waals surface area (Å²) in [6, 6.07) is -0.492. The summed E-state index contributed by atoms with van der Waals surface area (Å²) in [6.45, 7) is 10.3. The summed E-state index contributed by atoms with van der Waals surface area (Å²) in [5.74, 6) is -0.354. The Labute approximate surface area is 145 Å². The molecule has 0 fully saturated rings. The Morgan fingerprint density at radius 1 is 1.30 bits per heavy atom. The van der Waals surface area contributed by atoms with Gasteiger partial charge in [-0.2, -0.15) is 0 Å². The highest BCUT2D eigenvalue weighted by Crippen LogP contribution is 2.28. The van der Waals surface area contributed by atoms with E-state index in [1.165, 1.54) is 23.1 Å². The highest BCUT2D eigenvalue weighted by Gasteiger charge is 2.21. The van der Waals surface area contributed by atoms with Gasteiger partial charge >= 0.3 is 6.03 Å². The lowest BCUT2D eigenvalue weighted by Gasteiger charge is -2.20. The van der Waals surface area contributed by atoms with Crippen molar-refractivity contribution in [2.45, 2.75) is 62.6 Å².